The second-order valence-electron chi connectivity index (χ2n) is 4.44. The van der Waals surface area contributed by atoms with E-state index in [1.165, 1.54) is 6.07 Å². The molecule has 3 nitrogen and oxygen atoms in total. The van der Waals surface area contributed by atoms with E-state index in [1.54, 1.807) is 12.1 Å². The van der Waals surface area contributed by atoms with E-state index < -0.39 is 10.0 Å². The third-order valence-electron chi connectivity index (χ3n) is 2.07. The molecule has 0 aliphatic heterocycles. The van der Waals surface area contributed by atoms with Crippen molar-refractivity contribution in [3.05, 3.63) is 28.2 Å². The minimum Gasteiger partial charge on any atom is -0.225 e. The highest BCUT2D eigenvalue weighted by Gasteiger charge is 2.19. The van der Waals surface area contributed by atoms with E-state index in [1.807, 2.05) is 20.8 Å². The van der Waals surface area contributed by atoms with Crippen molar-refractivity contribution in [1.82, 2.24) is 0 Å². The quantitative estimate of drug-likeness (QED) is 0.864. The van der Waals surface area contributed by atoms with E-state index in [0.717, 1.165) is 10.0 Å². The van der Waals surface area contributed by atoms with E-state index in [-0.39, 0.29) is 10.3 Å². The smallest absolute Gasteiger partial charge is 0.225 e. The van der Waals surface area contributed by atoms with Crippen LogP contribution in [0.2, 0.25) is 0 Å². The minimum absolute atomic E-state index is 0.125. The molecule has 0 radical (unpaired) electrons. The molecule has 1 aromatic carbocycles. The maximum absolute atomic E-state index is 11.2. The van der Waals surface area contributed by atoms with Crippen molar-refractivity contribution in [2.45, 2.75) is 31.1 Å². The zero-order valence-electron chi connectivity index (χ0n) is 8.91. The number of hydrogen-bond donors (Lipinski definition) is 1. The summed E-state index contributed by atoms with van der Waals surface area (Å²) < 4.78 is 23.3. The van der Waals surface area contributed by atoms with Gasteiger partial charge < -0.3 is 0 Å². The van der Waals surface area contributed by atoms with Gasteiger partial charge in [-0.25, -0.2) is 13.6 Å². The number of sulfonamides is 1. The molecule has 15 heavy (non-hydrogen) atoms. The van der Waals surface area contributed by atoms with E-state index in [4.69, 9.17) is 5.14 Å². The molecule has 0 bridgehead atoms. The first-order chi connectivity index (χ1) is 6.62. The van der Waals surface area contributed by atoms with Crippen molar-refractivity contribution in [3.8, 4) is 0 Å². The zero-order valence-corrected chi connectivity index (χ0v) is 11.3. The Bertz CT molecular complexity index is 475. The molecule has 0 atom stereocenters. The second-order valence-corrected chi connectivity index (χ2v) is 6.85. The predicted octanol–water partition coefficient (Wildman–Crippen LogP) is 2.39. The molecule has 0 heterocycles. The largest absolute Gasteiger partial charge is 0.238 e. The molecule has 2 N–H and O–H groups in total. The first-order valence-corrected chi connectivity index (χ1v) is 6.79. The first-order valence-electron chi connectivity index (χ1n) is 4.45. The fraction of sp³-hybridized carbons (Fsp3) is 0.400. The number of benzene rings is 1. The summed E-state index contributed by atoms with van der Waals surface area (Å²) in [7, 11) is -3.62. The highest BCUT2D eigenvalue weighted by Crippen LogP contribution is 2.31. The van der Waals surface area contributed by atoms with Crippen LogP contribution >= 0.6 is 15.9 Å². The van der Waals surface area contributed by atoms with Gasteiger partial charge in [-0.15, -0.1) is 0 Å². The Labute approximate surface area is 98.9 Å². The molecule has 0 saturated carbocycles. The summed E-state index contributed by atoms with van der Waals surface area (Å²) in [6.45, 7) is 6.04. The molecule has 1 aromatic rings. The third kappa shape index (κ3) is 3.03. The Morgan fingerprint density at radius 1 is 1.27 bits per heavy atom. The lowest BCUT2D eigenvalue weighted by molar-refractivity contribution is 0.581. The minimum atomic E-state index is -3.62. The van der Waals surface area contributed by atoms with Crippen molar-refractivity contribution in [1.29, 1.82) is 0 Å². The molecule has 0 aromatic heterocycles. The number of primary sulfonamides is 1. The van der Waals surface area contributed by atoms with Crippen LogP contribution in [0.5, 0.6) is 0 Å². The van der Waals surface area contributed by atoms with Crippen LogP contribution in [0.25, 0.3) is 0 Å². The second kappa shape index (κ2) is 3.88. The molecule has 0 aliphatic carbocycles. The van der Waals surface area contributed by atoms with Crippen molar-refractivity contribution in [3.63, 3.8) is 0 Å². The normalized spacial score (nSPS) is 12.9. The number of halogens is 1. The number of nitrogens with two attached hydrogens (primary N) is 1. The summed E-state index contributed by atoms with van der Waals surface area (Å²) in [6.07, 6.45) is 0. The number of rotatable bonds is 1. The maximum atomic E-state index is 11.2. The van der Waals surface area contributed by atoms with Gasteiger partial charge in [0, 0.05) is 4.47 Å². The topological polar surface area (TPSA) is 60.2 Å². The summed E-state index contributed by atoms with van der Waals surface area (Å²) in [5, 5.41) is 5.08. The molecule has 0 spiro atoms. The molecule has 0 fully saturated rings. The fourth-order valence-corrected chi connectivity index (χ4v) is 2.64. The Morgan fingerprint density at radius 3 is 2.20 bits per heavy atom. The van der Waals surface area contributed by atoms with E-state index in [0.29, 0.717) is 0 Å². The van der Waals surface area contributed by atoms with Gasteiger partial charge in [0.05, 0.1) is 4.90 Å². The van der Waals surface area contributed by atoms with Crippen LogP contribution in [-0.2, 0) is 15.4 Å². The Morgan fingerprint density at radius 2 is 1.80 bits per heavy atom. The van der Waals surface area contributed by atoms with Crippen LogP contribution in [0, 0.1) is 0 Å². The van der Waals surface area contributed by atoms with Crippen LogP contribution in [-0.4, -0.2) is 8.42 Å². The molecule has 1 rings (SSSR count). The highest BCUT2D eigenvalue weighted by molar-refractivity contribution is 9.10. The molecule has 0 amide bonds. The van der Waals surface area contributed by atoms with E-state index in [9.17, 15) is 8.42 Å². The monoisotopic (exact) mass is 291 g/mol. The van der Waals surface area contributed by atoms with Crippen molar-refractivity contribution in [2.24, 2.45) is 5.14 Å². The van der Waals surface area contributed by atoms with Gasteiger partial charge >= 0.3 is 0 Å². The van der Waals surface area contributed by atoms with Gasteiger partial charge in [-0.2, -0.15) is 0 Å². The Balaban J connectivity index is 3.43. The third-order valence-corrected chi connectivity index (χ3v) is 3.68. The van der Waals surface area contributed by atoms with Crippen molar-refractivity contribution < 1.29 is 8.42 Å². The highest BCUT2D eigenvalue weighted by atomic mass is 79.9. The lowest BCUT2D eigenvalue weighted by Crippen LogP contribution is -2.16. The van der Waals surface area contributed by atoms with E-state index >= 15 is 0 Å². The van der Waals surface area contributed by atoms with Gasteiger partial charge in [0.1, 0.15) is 0 Å². The summed E-state index contributed by atoms with van der Waals surface area (Å²) >= 11 is 3.40. The van der Waals surface area contributed by atoms with Gasteiger partial charge in [0.2, 0.25) is 10.0 Å². The average Bonchev–Trinajstić information content (AvgIpc) is 2.00. The van der Waals surface area contributed by atoms with Gasteiger partial charge in [-0.1, -0.05) is 36.7 Å². The summed E-state index contributed by atoms with van der Waals surface area (Å²) in [5.41, 5.74) is 0.800. The zero-order chi connectivity index (χ0) is 11.9. The molecule has 0 saturated heterocycles. The first kappa shape index (κ1) is 12.7. The molecule has 5 heteroatoms. The van der Waals surface area contributed by atoms with Crippen LogP contribution in [0.15, 0.2) is 27.6 Å². The van der Waals surface area contributed by atoms with Crippen LogP contribution in [0.4, 0.5) is 0 Å². The maximum Gasteiger partial charge on any atom is 0.238 e. The lowest BCUT2D eigenvalue weighted by atomic mass is 9.87. The van der Waals surface area contributed by atoms with Crippen molar-refractivity contribution in [2.75, 3.05) is 0 Å². The Hall–Kier alpha value is -0.390. The van der Waals surface area contributed by atoms with Gasteiger partial charge in [-0.3, -0.25) is 0 Å². The summed E-state index contributed by atoms with van der Waals surface area (Å²) in [4.78, 5) is 0.149. The molecule has 0 unspecified atom stereocenters. The van der Waals surface area contributed by atoms with Crippen molar-refractivity contribution >= 4 is 26.0 Å². The fourth-order valence-electron chi connectivity index (χ4n) is 1.26. The molecular weight excluding hydrogens is 278 g/mol. The van der Waals surface area contributed by atoms with Crippen LogP contribution < -0.4 is 5.14 Å². The number of hydrogen-bond acceptors (Lipinski definition) is 2. The van der Waals surface area contributed by atoms with Gasteiger partial charge in [0.15, 0.2) is 0 Å². The summed E-state index contributed by atoms with van der Waals surface area (Å²) in [5.74, 6) is 0. The Kier molecular flexibility index (Phi) is 3.28. The predicted molar refractivity (Wildman–Crippen MR) is 64.2 cm³/mol. The van der Waals surface area contributed by atoms with Crippen LogP contribution in [0.3, 0.4) is 0 Å². The standard InChI is InChI=1S/C10H14BrNO2S/c1-10(2,3)8-6-7(15(12,13)14)4-5-9(8)11/h4-6H,1-3H3,(H2,12,13,14). The SMILES string of the molecule is CC(C)(C)c1cc(S(N)(=O)=O)ccc1Br. The summed E-state index contributed by atoms with van der Waals surface area (Å²) in [6, 6.07) is 4.81. The molecule has 0 aliphatic rings. The van der Waals surface area contributed by atoms with Gasteiger partial charge in [0.25, 0.3) is 0 Å². The molecule has 84 valence electrons. The van der Waals surface area contributed by atoms with Gasteiger partial charge in [-0.05, 0) is 29.2 Å². The average molecular weight is 292 g/mol. The van der Waals surface area contributed by atoms with Crippen LogP contribution in [0.1, 0.15) is 26.3 Å². The lowest BCUT2D eigenvalue weighted by Gasteiger charge is -2.21. The van der Waals surface area contributed by atoms with E-state index in [2.05, 4.69) is 15.9 Å². The molecular formula is C10H14BrNO2S.